The number of benzene rings is 1. The van der Waals surface area contributed by atoms with E-state index < -0.39 is 16.1 Å². The Kier molecular flexibility index (Phi) is 6.61. The van der Waals surface area contributed by atoms with Gasteiger partial charge in [0.25, 0.3) is 0 Å². The average Bonchev–Trinajstić information content (AvgIpc) is 2.39. The van der Waals surface area contributed by atoms with Gasteiger partial charge in [-0.15, -0.1) is 0 Å². The second-order valence-corrected chi connectivity index (χ2v) is 7.00. The van der Waals surface area contributed by atoms with Crippen molar-refractivity contribution in [1.82, 2.24) is 9.62 Å². The number of hydrogen-bond donors (Lipinski definition) is 2. The van der Waals surface area contributed by atoms with Crippen LogP contribution in [0.5, 0.6) is 0 Å². The Morgan fingerprint density at radius 3 is 2.40 bits per heavy atom. The first kappa shape index (κ1) is 17.1. The number of aliphatic hydroxyl groups excluding tert-OH is 1. The molecule has 0 amide bonds. The zero-order valence-corrected chi connectivity index (χ0v) is 13.2. The van der Waals surface area contributed by atoms with Crippen LogP contribution in [0.4, 0.5) is 0 Å². The molecule has 2 N–H and O–H groups in total. The van der Waals surface area contributed by atoms with E-state index in [0.717, 1.165) is 25.1 Å². The van der Waals surface area contributed by atoms with Crippen molar-refractivity contribution in [2.75, 3.05) is 20.1 Å². The Hall–Kier alpha value is -0.950. The molecule has 20 heavy (non-hydrogen) atoms. The van der Waals surface area contributed by atoms with E-state index >= 15 is 0 Å². The third-order valence-corrected chi connectivity index (χ3v) is 4.75. The number of likely N-dealkylation sites (N-methyl/N-ethyl adjacent to an activating group) is 1. The fourth-order valence-corrected chi connectivity index (χ4v) is 3.09. The topological polar surface area (TPSA) is 69.6 Å². The molecule has 0 aliphatic heterocycles. The molecule has 0 fully saturated rings. The van der Waals surface area contributed by atoms with E-state index in [-0.39, 0.29) is 11.4 Å². The summed E-state index contributed by atoms with van der Waals surface area (Å²) in [5, 5.41) is 12.5. The summed E-state index contributed by atoms with van der Waals surface area (Å²) in [4.78, 5) is 0.250. The van der Waals surface area contributed by atoms with E-state index in [2.05, 4.69) is 12.2 Å². The Morgan fingerprint density at radius 1 is 1.30 bits per heavy atom. The minimum atomic E-state index is -3.52. The standard InChI is InChI=1S/C14H24N2O3S/c1-4-9-15-10-13-5-7-14(8-6-13)20(18,19)16(3)11-12(2)17/h5-8,12,15,17H,4,9-11H2,1-3H3. The van der Waals surface area contributed by atoms with Crippen LogP contribution in [0.3, 0.4) is 0 Å². The number of hydrogen-bond acceptors (Lipinski definition) is 4. The van der Waals surface area contributed by atoms with Crippen LogP contribution in [-0.4, -0.2) is 44.1 Å². The van der Waals surface area contributed by atoms with Gasteiger partial charge in [-0.2, -0.15) is 4.31 Å². The molecular weight excluding hydrogens is 276 g/mol. The fraction of sp³-hybridized carbons (Fsp3) is 0.571. The average molecular weight is 300 g/mol. The number of aliphatic hydroxyl groups is 1. The second-order valence-electron chi connectivity index (χ2n) is 4.96. The molecule has 0 aliphatic carbocycles. The van der Waals surface area contributed by atoms with Crippen molar-refractivity contribution in [3.63, 3.8) is 0 Å². The molecule has 114 valence electrons. The number of nitrogens with zero attached hydrogens (tertiary/aromatic N) is 1. The third kappa shape index (κ3) is 4.86. The summed E-state index contributed by atoms with van der Waals surface area (Å²) in [6, 6.07) is 6.84. The first-order chi connectivity index (χ1) is 9.37. The fourth-order valence-electron chi connectivity index (χ4n) is 1.84. The van der Waals surface area contributed by atoms with Gasteiger partial charge in [-0.25, -0.2) is 8.42 Å². The summed E-state index contributed by atoms with van der Waals surface area (Å²) < 4.78 is 25.6. The van der Waals surface area contributed by atoms with Crippen LogP contribution < -0.4 is 5.32 Å². The smallest absolute Gasteiger partial charge is 0.242 e. The Morgan fingerprint density at radius 2 is 1.90 bits per heavy atom. The molecule has 0 heterocycles. The summed E-state index contributed by atoms with van der Waals surface area (Å²) in [5.74, 6) is 0. The lowest BCUT2D eigenvalue weighted by atomic mass is 10.2. The summed E-state index contributed by atoms with van der Waals surface area (Å²) >= 11 is 0. The van der Waals surface area contributed by atoms with Crippen molar-refractivity contribution in [3.8, 4) is 0 Å². The van der Waals surface area contributed by atoms with Gasteiger partial charge < -0.3 is 10.4 Å². The lowest BCUT2D eigenvalue weighted by Gasteiger charge is -2.18. The van der Waals surface area contributed by atoms with Crippen molar-refractivity contribution in [1.29, 1.82) is 0 Å². The molecule has 0 radical (unpaired) electrons. The maximum atomic E-state index is 12.2. The van der Waals surface area contributed by atoms with Gasteiger partial charge in [0.15, 0.2) is 0 Å². The molecule has 0 bridgehead atoms. The van der Waals surface area contributed by atoms with Crippen LogP contribution in [0.15, 0.2) is 29.2 Å². The lowest BCUT2D eigenvalue weighted by molar-refractivity contribution is 0.171. The SMILES string of the molecule is CCCNCc1ccc(S(=O)(=O)N(C)CC(C)O)cc1. The zero-order chi connectivity index (χ0) is 15.2. The van der Waals surface area contributed by atoms with E-state index in [1.165, 1.54) is 11.4 Å². The van der Waals surface area contributed by atoms with E-state index in [1.807, 2.05) is 12.1 Å². The lowest BCUT2D eigenvalue weighted by Crippen LogP contribution is -2.33. The highest BCUT2D eigenvalue weighted by atomic mass is 32.2. The van der Waals surface area contributed by atoms with Gasteiger partial charge in [0, 0.05) is 20.1 Å². The van der Waals surface area contributed by atoms with E-state index in [1.54, 1.807) is 19.1 Å². The van der Waals surface area contributed by atoms with Gasteiger partial charge in [0.1, 0.15) is 0 Å². The summed E-state index contributed by atoms with van der Waals surface area (Å²) in [6.07, 6.45) is 0.378. The van der Waals surface area contributed by atoms with Crippen LogP contribution in [-0.2, 0) is 16.6 Å². The molecule has 1 unspecified atom stereocenters. The molecule has 0 aromatic heterocycles. The molecule has 0 saturated carbocycles. The monoisotopic (exact) mass is 300 g/mol. The van der Waals surface area contributed by atoms with Gasteiger partial charge in [-0.1, -0.05) is 19.1 Å². The first-order valence-corrected chi connectivity index (χ1v) is 8.26. The maximum Gasteiger partial charge on any atom is 0.242 e. The van der Waals surface area contributed by atoms with Crippen LogP contribution in [0, 0.1) is 0 Å². The summed E-state index contributed by atoms with van der Waals surface area (Å²) in [6.45, 7) is 5.42. The summed E-state index contributed by atoms with van der Waals surface area (Å²) in [7, 11) is -2.05. The van der Waals surface area contributed by atoms with Gasteiger partial charge >= 0.3 is 0 Å². The van der Waals surface area contributed by atoms with E-state index in [4.69, 9.17) is 0 Å². The third-order valence-electron chi connectivity index (χ3n) is 2.91. The first-order valence-electron chi connectivity index (χ1n) is 6.82. The van der Waals surface area contributed by atoms with Crippen LogP contribution in [0.25, 0.3) is 0 Å². The Bertz CT molecular complexity index is 498. The molecule has 1 atom stereocenters. The van der Waals surface area contributed by atoms with Crippen molar-refractivity contribution in [2.45, 2.75) is 37.8 Å². The molecular formula is C14H24N2O3S. The predicted octanol–water partition coefficient (Wildman–Crippen LogP) is 1.19. The zero-order valence-electron chi connectivity index (χ0n) is 12.3. The number of rotatable bonds is 8. The minimum absolute atomic E-state index is 0.0855. The van der Waals surface area contributed by atoms with Gasteiger partial charge in [0.05, 0.1) is 11.0 Å². The molecule has 1 rings (SSSR count). The Balaban J connectivity index is 2.76. The molecule has 0 spiro atoms. The van der Waals surface area contributed by atoms with Crippen molar-refractivity contribution < 1.29 is 13.5 Å². The van der Waals surface area contributed by atoms with Gasteiger partial charge in [-0.05, 0) is 37.6 Å². The number of nitrogens with one attached hydrogen (secondary N) is 1. The highest BCUT2D eigenvalue weighted by Gasteiger charge is 2.21. The molecule has 1 aromatic carbocycles. The van der Waals surface area contributed by atoms with Crippen LogP contribution in [0.2, 0.25) is 0 Å². The van der Waals surface area contributed by atoms with E-state index in [9.17, 15) is 13.5 Å². The Labute approximate surface area is 121 Å². The van der Waals surface area contributed by atoms with Gasteiger partial charge in [0.2, 0.25) is 10.0 Å². The largest absolute Gasteiger partial charge is 0.392 e. The summed E-state index contributed by atoms with van der Waals surface area (Å²) in [5.41, 5.74) is 1.05. The predicted molar refractivity (Wildman–Crippen MR) is 79.9 cm³/mol. The highest BCUT2D eigenvalue weighted by Crippen LogP contribution is 2.15. The molecule has 0 saturated heterocycles. The molecule has 6 heteroatoms. The van der Waals surface area contributed by atoms with Crippen LogP contribution >= 0.6 is 0 Å². The molecule has 5 nitrogen and oxygen atoms in total. The van der Waals surface area contributed by atoms with Crippen molar-refractivity contribution in [3.05, 3.63) is 29.8 Å². The number of sulfonamides is 1. The normalized spacial score (nSPS) is 13.7. The van der Waals surface area contributed by atoms with Crippen LogP contribution in [0.1, 0.15) is 25.8 Å². The maximum absolute atomic E-state index is 12.2. The van der Waals surface area contributed by atoms with Crippen molar-refractivity contribution in [2.24, 2.45) is 0 Å². The quantitative estimate of drug-likeness (QED) is 0.708. The van der Waals surface area contributed by atoms with E-state index in [0.29, 0.717) is 0 Å². The molecule has 0 aliphatic rings. The van der Waals surface area contributed by atoms with Gasteiger partial charge in [-0.3, -0.25) is 0 Å². The van der Waals surface area contributed by atoms with Crippen molar-refractivity contribution >= 4 is 10.0 Å². The minimum Gasteiger partial charge on any atom is -0.392 e. The highest BCUT2D eigenvalue weighted by molar-refractivity contribution is 7.89. The molecule has 1 aromatic rings. The second kappa shape index (κ2) is 7.73.